The van der Waals surface area contributed by atoms with E-state index in [1.54, 1.807) is 0 Å². The molecule has 0 aliphatic carbocycles. The number of aromatic nitrogens is 1. The Morgan fingerprint density at radius 3 is 2.48 bits per heavy atom. The van der Waals surface area contributed by atoms with E-state index < -0.39 is 43.3 Å². The predicted molar refractivity (Wildman–Crippen MR) is 104 cm³/mol. The molecule has 0 radical (unpaired) electrons. The van der Waals surface area contributed by atoms with Gasteiger partial charge in [-0.15, -0.1) is 0 Å². The van der Waals surface area contributed by atoms with E-state index in [2.05, 4.69) is 10.3 Å². The van der Waals surface area contributed by atoms with Crippen molar-refractivity contribution in [2.24, 2.45) is 0 Å². The summed E-state index contributed by atoms with van der Waals surface area (Å²) in [6.07, 6.45) is 0.738. The van der Waals surface area contributed by atoms with Crippen molar-refractivity contribution in [1.29, 1.82) is 0 Å². The van der Waals surface area contributed by atoms with Gasteiger partial charge < -0.3 is 10.1 Å². The molecule has 29 heavy (non-hydrogen) atoms. The van der Waals surface area contributed by atoms with Gasteiger partial charge in [-0.3, -0.25) is 14.9 Å². The minimum absolute atomic E-state index is 0.00268. The van der Waals surface area contributed by atoms with Crippen LogP contribution < -0.4 is 5.32 Å². The molecule has 1 aromatic heterocycles. The molecular weight excluding hydrogens is 449 g/mol. The average molecular weight is 462 g/mol. The van der Waals surface area contributed by atoms with Gasteiger partial charge in [-0.2, -0.15) is 0 Å². The summed E-state index contributed by atoms with van der Waals surface area (Å²) >= 11 is 11.6. The number of anilines is 1. The molecule has 0 fully saturated rings. The number of ether oxygens (including phenoxy) is 1. The van der Waals surface area contributed by atoms with Gasteiger partial charge in [-0.1, -0.05) is 23.2 Å². The van der Waals surface area contributed by atoms with Crippen LogP contribution in [0.2, 0.25) is 10.0 Å². The van der Waals surface area contributed by atoms with Crippen LogP contribution in [-0.4, -0.2) is 42.6 Å². The molecule has 1 heterocycles. The number of nitrogens with one attached hydrogen (secondary N) is 1. The summed E-state index contributed by atoms with van der Waals surface area (Å²) < 4.78 is 28.2. The summed E-state index contributed by atoms with van der Waals surface area (Å²) in [7, 11) is -3.89. The highest BCUT2D eigenvalue weighted by Crippen LogP contribution is 2.26. The summed E-state index contributed by atoms with van der Waals surface area (Å²) in [6, 6.07) is 4.09. The third-order valence-corrected chi connectivity index (χ3v) is 5.13. The highest BCUT2D eigenvalue weighted by atomic mass is 35.5. The second kappa shape index (κ2) is 8.72. The van der Waals surface area contributed by atoms with Gasteiger partial charge in [0.05, 0.1) is 20.5 Å². The number of benzene rings is 1. The first kappa shape index (κ1) is 22.5. The number of amides is 1. The normalized spacial score (nSPS) is 12.1. The number of sulfone groups is 1. The number of carbonyl (C=O) groups excluding carboxylic acids is 2. The first-order chi connectivity index (χ1) is 13.4. The number of rotatable bonds is 6. The van der Waals surface area contributed by atoms with E-state index in [1.807, 2.05) is 0 Å². The van der Waals surface area contributed by atoms with Crippen molar-refractivity contribution in [3.05, 3.63) is 56.2 Å². The third kappa shape index (κ3) is 5.62. The Labute approximate surface area is 174 Å². The molecule has 0 spiro atoms. The van der Waals surface area contributed by atoms with Crippen LogP contribution in [0.15, 0.2) is 35.4 Å². The first-order valence-electron chi connectivity index (χ1n) is 7.71. The van der Waals surface area contributed by atoms with Gasteiger partial charge in [0, 0.05) is 18.5 Å². The zero-order chi connectivity index (χ0) is 21.9. The van der Waals surface area contributed by atoms with Crippen LogP contribution in [0.1, 0.15) is 17.3 Å². The molecule has 154 valence electrons. The van der Waals surface area contributed by atoms with E-state index in [4.69, 9.17) is 27.9 Å². The number of hydrogen-bond acceptors (Lipinski definition) is 8. The fraction of sp³-hybridized carbons (Fsp3) is 0.188. The molecule has 2 rings (SSSR count). The van der Waals surface area contributed by atoms with Crippen molar-refractivity contribution < 1.29 is 27.7 Å². The number of carbonyl (C=O) groups is 2. The van der Waals surface area contributed by atoms with E-state index in [-0.39, 0.29) is 21.4 Å². The van der Waals surface area contributed by atoms with Gasteiger partial charge >= 0.3 is 5.97 Å². The predicted octanol–water partition coefficient (Wildman–Crippen LogP) is 2.88. The van der Waals surface area contributed by atoms with Crippen LogP contribution in [0, 0.1) is 10.1 Å². The molecule has 0 saturated heterocycles. The van der Waals surface area contributed by atoms with Gasteiger partial charge in [-0.05, 0) is 25.1 Å². The van der Waals surface area contributed by atoms with Crippen molar-refractivity contribution in [3.63, 3.8) is 0 Å². The lowest BCUT2D eigenvalue weighted by atomic mass is 10.2. The Balaban J connectivity index is 2.17. The Bertz CT molecular complexity index is 1110. The maximum Gasteiger partial charge on any atom is 0.339 e. The van der Waals surface area contributed by atoms with E-state index in [0.717, 1.165) is 24.5 Å². The lowest BCUT2D eigenvalue weighted by Crippen LogP contribution is -2.30. The second-order valence-corrected chi connectivity index (χ2v) is 8.56. The zero-order valence-electron chi connectivity index (χ0n) is 14.9. The van der Waals surface area contributed by atoms with Gasteiger partial charge in [0.25, 0.3) is 11.6 Å². The number of pyridine rings is 1. The van der Waals surface area contributed by atoms with Crippen LogP contribution in [0.4, 0.5) is 11.5 Å². The molecule has 1 unspecified atom stereocenters. The molecule has 1 aromatic carbocycles. The summed E-state index contributed by atoms with van der Waals surface area (Å²) in [4.78, 5) is 37.9. The first-order valence-corrected chi connectivity index (χ1v) is 10.4. The topological polar surface area (TPSA) is 146 Å². The number of nitrogens with zero attached hydrogens (tertiary/aromatic N) is 2. The largest absolute Gasteiger partial charge is 0.449 e. The molecule has 0 aliphatic heterocycles. The number of esters is 1. The van der Waals surface area contributed by atoms with Gasteiger partial charge in [0.2, 0.25) is 0 Å². The van der Waals surface area contributed by atoms with Crippen molar-refractivity contribution in [2.75, 3.05) is 11.6 Å². The molecule has 1 atom stereocenters. The molecule has 2 aromatic rings. The number of nitro groups is 1. The standard InChI is InChI=1S/C16H13Cl2N3O7S/c1-8(15(22)20-14-11(18)6-10(17)7-19-14)28-16(23)9-3-4-13(29(2,26)27)12(5-9)21(24)25/h3-8H,1-2H3,(H,19,20,22). The Hall–Kier alpha value is -2.76. The third-order valence-electron chi connectivity index (χ3n) is 3.49. The minimum Gasteiger partial charge on any atom is -0.449 e. The molecule has 0 saturated carbocycles. The van der Waals surface area contributed by atoms with Crippen LogP contribution in [-0.2, 0) is 19.4 Å². The Morgan fingerprint density at radius 1 is 1.28 bits per heavy atom. The summed E-state index contributed by atoms with van der Waals surface area (Å²) in [5.74, 6) is -1.83. The summed E-state index contributed by atoms with van der Waals surface area (Å²) in [5.41, 5.74) is -1.08. The SMILES string of the molecule is CC(OC(=O)c1ccc(S(C)(=O)=O)c([N+](=O)[O-])c1)C(=O)Nc1ncc(Cl)cc1Cl. The van der Waals surface area contributed by atoms with Crippen LogP contribution >= 0.6 is 23.2 Å². The molecule has 1 N–H and O–H groups in total. The van der Waals surface area contributed by atoms with Crippen molar-refractivity contribution in [3.8, 4) is 0 Å². The second-order valence-electron chi connectivity index (χ2n) is 5.73. The highest BCUT2D eigenvalue weighted by Gasteiger charge is 2.26. The monoisotopic (exact) mass is 461 g/mol. The van der Waals surface area contributed by atoms with Gasteiger partial charge in [-0.25, -0.2) is 18.2 Å². The van der Waals surface area contributed by atoms with Crippen LogP contribution in [0.5, 0.6) is 0 Å². The fourth-order valence-electron chi connectivity index (χ4n) is 2.11. The molecule has 0 bridgehead atoms. The fourth-order valence-corrected chi connectivity index (χ4v) is 3.36. The van der Waals surface area contributed by atoms with Crippen LogP contribution in [0.3, 0.4) is 0 Å². The van der Waals surface area contributed by atoms with Gasteiger partial charge in [0.15, 0.2) is 21.8 Å². The lowest BCUT2D eigenvalue weighted by molar-refractivity contribution is -0.387. The van der Waals surface area contributed by atoms with E-state index in [9.17, 15) is 28.1 Å². The number of halogens is 2. The Kier molecular flexibility index (Phi) is 6.77. The quantitative estimate of drug-likeness (QED) is 0.392. The molecule has 13 heteroatoms. The average Bonchev–Trinajstić information content (AvgIpc) is 2.62. The zero-order valence-corrected chi connectivity index (χ0v) is 17.2. The maximum atomic E-state index is 12.2. The maximum absolute atomic E-state index is 12.2. The summed E-state index contributed by atoms with van der Waals surface area (Å²) in [6.45, 7) is 1.26. The molecule has 1 amide bonds. The Morgan fingerprint density at radius 2 is 1.93 bits per heavy atom. The van der Waals surface area contributed by atoms with Crippen molar-refractivity contribution in [1.82, 2.24) is 4.98 Å². The minimum atomic E-state index is -3.89. The smallest absolute Gasteiger partial charge is 0.339 e. The highest BCUT2D eigenvalue weighted by molar-refractivity contribution is 7.90. The van der Waals surface area contributed by atoms with Crippen molar-refractivity contribution >= 4 is 56.4 Å². The number of nitro benzene ring substituents is 1. The molecule has 10 nitrogen and oxygen atoms in total. The van der Waals surface area contributed by atoms with E-state index in [1.165, 1.54) is 19.2 Å². The van der Waals surface area contributed by atoms with Gasteiger partial charge in [0.1, 0.15) is 4.90 Å². The number of hydrogen-bond donors (Lipinski definition) is 1. The van der Waals surface area contributed by atoms with Crippen molar-refractivity contribution in [2.45, 2.75) is 17.9 Å². The molecule has 0 aliphatic rings. The van der Waals surface area contributed by atoms with E-state index in [0.29, 0.717) is 0 Å². The lowest BCUT2D eigenvalue weighted by Gasteiger charge is -2.14. The molecular formula is C16H13Cl2N3O7S. The summed E-state index contributed by atoms with van der Waals surface area (Å²) in [5, 5.41) is 13.8. The van der Waals surface area contributed by atoms with E-state index >= 15 is 0 Å². The van der Waals surface area contributed by atoms with Crippen LogP contribution in [0.25, 0.3) is 0 Å².